The summed E-state index contributed by atoms with van der Waals surface area (Å²) in [5.41, 5.74) is 0. The first kappa shape index (κ1) is 14.7. The van der Waals surface area contributed by atoms with E-state index in [1.165, 1.54) is 64.2 Å². The molecule has 2 fully saturated rings. The molecule has 1 nitrogen and oxygen atoms in total. The molecule has 2 aliphatic carbocycles. The zero-order chi connectivity index (χ0) is 12.8. The minimum Gasteiger partial charge on any atom is -0.310 e. The highest BCUT2D eigenvalue weighted by Gasteiger charge is 2.29. The largest absolute Gasteiger partial charge is 0.310 e. The lowest BCUT2D eigenvalue weighted by atomic mass is 9.95. The monoisotopic (exact) mass is 269 g/mol. The van der Waals surface area contributed by atoms with Gasteiger partial charge in [-0.15, -0.1) is 0 Å². The van der Waals surface area contributed by atoms with E-state index in [2.05, 4.69) is 30.3 Å². The van der Waals surface area contributed by atoms with E-state index in [1.54, 1.807) is 0 Å². The standard InChI is InChI=1S/C16H31NS/c1-3-6-13-7-4-8-14(12-11-13)17-15-9-5-10-16(15)18-2/h13-17H,3-12H2,1-2H3. The second kappa shape index (κ2) is 7.79. The lowest BCUT2D eigenvalue weighted by Crippen LogP contribution is -2.41. The van der Waals surface area contributed by atoms with Crippen molar-refractivity contribution >= 4 is 11.8 Å². The number of hydrogen-bond donors (Lipinski definition) is 1. The molecule has 2 rings (SSSR count). The van der Waals surface area contributed by atoms with Crippen LogP contribution < -0.4 is 5.32 Å². The van der Waals surface area contributed by atoms with Crippen LogP contribution in [0.4, 0.5) is 0 Å². The van der Waals surface area contributed by atoms with Crippen LogP contribution in [0.3, 0.4) is 0 Å². The van der Waals surface area contributed by atoms with Crippen LogP contribution in [0.5, 0.6) is 0 Å². The molecule has 2 saturated carbocycles. The summed E-state index contributed by atoms with van der Waals surface area (Å²) in [5.74, 6) is 1.03. The van der Waals surface area contributed by atoms with Gasteiger partial charge in [-0.05, 0) is 44.3 Å². The number of nitrogens with one attached hydrogen (secondary N) is 1. The summed E-state index contributed by atoms with van der Waals surface area (Å²) in [7, 11) is 0. The SMILES string of the molecule is CCCC1CCCC(NC2CCCC2SC)CC1. The fourth-order valence-electron chi connectivity index (χ4n) is 3.94. The van der Waals surface area contributed by atoms with Crippen LogP contribution in [0.1, 0.15) is 71.1 Å². The van der Waals surface area contributed by atoms with E-state index in [4.69, 9.17) is 0 Å². The van der Waals surface area contributed by atoms with Crippen LogP contribution in [0.25, 0.3) is 0 Å². The Balaban J connectivity index is 1.76. The molecule has 0 aromatic carbocycles. The van der Waals surface area contributed by atoms with Crippen molar-refractivity contribution < 1.29 is 0 Å². The second-order valence-electron chi connectivity index (χ2n) is 6.34. The van der Waals surface area contributed by atoms with Gasteiger partial charge in [0.05, 0.1) is 0 Å². The minimum absolute atomic E-state index is 0.813. The highest BCUT2D eigenvalue weighted by atomic mass is 32.2. The van der Waals surface area contributed by atoms with Gasteiger partial charge in [0.1, 0.15) is 0 Å². The highest BCUT2D eigenvalue weighted by molar-refractivity contribution is 7.99. The Bertz CT molecular complexity index is 231. The molecule has 0 spiro atoms. The van der Waals surface area contributed by atoms with Crippen LogP contribution in [0.2, 0.25) is 0 Å². The molecule has 2 aliphatic rings. The third kappa shape index (κ3) is 4.16. The molecular weight excluding hydrogens is 238 g/mol. The maximum atomic E-state index is 4.00. The molecule has 18 heavy (non-hydrogen) atoms. The zero-order valence-corrected chi connectivity index (χ0v) is 13.1. The molecule has 0 aromatic rings. The van der Waals surface area contributed by atoms with Gasteiger partial charge in [0, 0.05) is 17.3 Å². The molecule has 0 amide bonds. The zero-order valence-electron chi connectivity index (χ0n) is 12.3. The normalized spacial score (nSPS) is 37.7. The first-order valence-electron chi connectivity index (χ1n) is 8.12. The van der Waals surface area contributed by atoms with E-state index < -0.39 is 0 Å². The predicted octanol–water partition coefficient (Wildman–Crippen LogP) is 4.61. The summed E-state index contributed by atoms with van der Waals surface area (Å²) in [4.78, 5) is 0. The van der Waals surface area contributed by atoms with Gasteiger partial charge >= 0.3 is 0 Å². The molecule has 4 atom stereocenters. The Kier molecular flexibility index (Phi) is 6.37. The molecular formula is C16H31NS. The van der Waals surface area contributed by atoms with E-state index in [0.717, 1.165) is 23.3 Å². The van der Waals surface area contributed by atoms with Gasteiger partial charge in [-0.3, -0.25) is 0 Å². The number of hydrogen-bond acceptors (Lipinski definition) is 2. The van der Waals surface area contributed by atoms with E-state index in [0.29, 0.717) is 0 Å². The van der Waals surface area contributed by atoms with E-state index in [1.807, 2.05) is 0 Å². The topological polar surface area (TPSA) is 12.0 Å². The van der Waals surface area contributed by atoms with Crippen LogP contribution in [-0.4, -0.2) is 23.6 Å². The third-order valence-electron chi connectivity index (χ3n) is 4.99. The predicted molar refractivity (Wildman–Crippen MR) is 83.3 cm³/mol. The Hall–Kier alpha value is 0.310. The molecule has 0 saturated heterocycles. The molecule has 0 aromatic heterocycles. The van der Waals surface area contributed by atoms with Crippen molar-refractivity contribution in [2.45, 2.75) is 88.5 Å². The summed E-state index contributed by atoms with van der Waals surface area (Å²) in [5, 5.41) is 4.89. The van der Waals surface area contributed by atoms with Crippen molar-refractivity contribution in [2.24, 2.45) is 5.92 Å². The fraction of sp³-hybridized carbons (Fsp3) is 1.00. The Morgan fingerprint density at radius 3 is 2.61 bits per heavy atom. The lowest BCUT2D eigenvalue weighted by Gasteiger charge is -2.25. The summed E-state index contributed by atoms with van der Waals surface area (Å²) in [6, 6.07) is 1.64. The summed E-state index contributed by atoms with van der Waals surface area (Å²) in [6.07, 6.45) is 16.7. The highest BCUT2D eigenvalue weighted by Crippen LogP contribution is 2.31. The van der Waals surface area contributed by atoms with Crippen molar-refractivity contribution in [1.29, 1.82) is 0 Å². The van der Waals surface area contributed by atoms with Gasteiger partial charge in [0.15, 0.2) is 0 Å². The van der Waals surface area contributed by atoms with Crippen molar-refractivity contribution in [1.82, 2.24) is 5.32 Å². The molecule has 0 heterocycles. The van der Waals surface area contributed by atoms with Gasteiger partial charge in [0.25, 0.3) is 0 Å². The third-order valence-corrected chi connectivity index (χ3v) is 6.16. The molecule has 0 aliphatic heterocycles. The van der Waals surface area contributed by atoms with Crippen molar-refractivity contribution in [3.8, 4) is 0 Å². The maximum absolute atomic E-state index is 4.00. The van der Waals surface area contributed by atoms with Crippen LogP contribution in [-0.2, 0) is 0 Å². The van der Waals surface area contributed by atoms with E-state index in [-0.39, 0.29) is 0 Å². The van der Waals surface area contributed by atoms with Crippen LogP contribution in [0, 0.1) is 5.92 Å². The van der Waals surface area contributed by atoms with Gasteiger partial charge in [0.2, 0.25) is 0 Å². The molecule has 2 heteroatoms. The van der Waals surface area contributed by atoms with Crippen molar-refractivity contribution in [3.05, 3.63) is 0 Å². The smallest absolute Gasteiger partial charge is 0.0198 e. The second-order valence-corrected chi connectivity index (χ2v) is 7.41. The average Bonchev–Trinajstić information content (AvgIpc) is 2.71. The number of thioether (sulfide) groups is 1. The molecule has 4 unspecified atom stereocenters. The summed E-state index contributed by atoms with van der Waals surface area (Å²) >= 11 is 2.08. The Morgan fingerprint density at radius 1 is 1.00 bits per heavy atom. The Morgan fingerprint density at radius 2 is 1.83 bits per heavy atom. The van der Waals surface area contributed by atoms with E-state index >= 15 is 0 Å². The van der Waals surface area contributed by atoms with Crippen LogP contribution >= 0.6 is 11.8 Å². The van der Waals surface area contributed by atoms with Crippen molar-refractivity contribution in [2.75, 3.05) is 6.26 Å². The maximum Gasteiger partial charge on any atom is 0.0198 e. The van der Waals surface area contributed by atoms with Crippen molar-refractivity contribution in [3.63, 3.8) is 0 Å². The van der Waals surface area contributed by atoms with Gasteiger partial charge < -0.3 is 5.32 Å². The summed E-state index contributed by atoms with van der Waals surface area (Å²) in [6.45, 7) is 2.34. The molecule has 106 valence electrons. The van der Waals surface area contributed by atoms with Gasteiger partial charge in [-0.2, -0.15) is 11.8 Å². The average molecular weight is 269 g/mol. The Labute approximate surface area is 118 Å². The molecule has 0 bridgehead atoms. The van der Waals surface area contributed by atoms with Crippen LogP contribution in [0.15, 0.2) is 0 Å². The first-order chi connectivity index (χ1) is 8.83. The number of rotatable bonds is 5. The quantitative estimate of drug-likeness (QED) is 0.732. The minimum atomic E-state index is 0.813. The lowest BCUT2D eigenvalue weighted by molar-refractivity contribution is 0.384. The first-order valence-corrected chi connectivity index (χ1v) is 9.41. The molecule has 1 N–H and O–H groups in total. The van der Waals surface area contributed by atoms with E-state index in [9.17, 15) is 0 Å². The van der Waals surface area contributed by atoms with Gasteiger partial charge in [-0.1, -0.05) is 39.0 Å². The summed E-state index contributed by atoms with van der Waals surface area (Å²) < 4.78 is 0. The van der Waals surface area contributed by atoms with Gasteiger partial charge in [-0.25, -0.2) is 0 Å². The molecule has 0 radical (unpaired) electrons. The fourth-order valence-corrected chi connectivity index (χ4v) is 4.89.